The number of rotatable bonds is 1. The van der Waals surface area contributed by atoms with Gasteiger partial charge in [-0.1, -0.05) is 0 Å². The molecule has 72 valence electrons. The third-order valence-corrected chi connectivity index (χ3v) is 2.05. The van der Waals surface area contributed by atoms with Crippen molar-refractivity contribution in [2.24, 2.45) is 0 Å². The fraction of sp³-hybridized carbons (Fsp3) is 0.250. The third-order valence-electron chi connectivity index (χ3n) is 1.87. The Hall–Kier alpha value is -1.49. The molecule has 0 spiro atoms. The van der Waals surface area contributed by atoms with Gasteiger partial charge < -0.3 is 0 Å². The smallest absolute Gasteiger partial charge is 0.236 e. The molecule has 0 saturated carbocycles. The second kappa shape index (κ2) is 3.34. The van der Waals surface area contributed by atoms with Crippen molar-refractivity contribution in [3.63, 3.8) is 0 Å². The molecule has 2 rings (SSSR count). The van der Waals surface area contributed by atoms with Gasteiger partial charge in [-0.05, 0) is 17.7 Å². The SMILES string of the molecule is O=C1CC(=O)N(c2ccnc(Cl)n2)C1. The van der Waals surface area contributed by atoms with E-state index in [9.17, 15) is 9.59 Å². The van der Waals surface area contributed by atoms with E-state index in [4.69, 9.17) is 11.6 Å². The lowest BCUT2D eigenvalue weighted by molar-refractivity contribution is -0.121. The first-order valence-corrected chi connectivity index (χ1v) is 4.35. The number of ketones is 1. The lowest BCUT2D eigenvalue weighted by Gasteiger charge is -2.12. The number of Topliss-reactive ketones (excluding diaryl/α,β-unsaturated/α-hetero) is 1. The van der Waals surface area contributed by atoms with E-state index in [1.54, 1.807) is 6.07 Å². The molecule has 0 aromatic carbocycles. The first-order chi connectivity index (χ1) is 6.66. The highest BCUT2D eigenvalue weighted by molar-refractivity contribution is 6.28. The molecule has 0 unspecified atom stereocenters. The second-order valence-corrected chi connectivity index (χ2v) is 3.22. The van der Waals surface area contributed by atoms with Crippen molar-refractivity contribution in [2.45, 2.75) is 6.42 Å². The van der Waals surface area contributed by atoms with Gasteiger partial charge in [-0.15, -0.1) is 0 Å². The van der Waals surface area contributed by atoms with Gasteiger partial charge in [0.05, 0.1) is 13.0 Å². The van der Waals surface area contributed by atoms with Crippen LogP contribution < -0.4 is 4.90 Å². The molecule has 0 atom stereocenters. The van der Waals surface area contributed by atoms with E-state index >= 15 is 0 Å². The Labute approximate surface area is 84.7 Å². The molecule has 1 saturated heterocycles. The largest absolute Gasteiger partial charge is 0.297 e. The van der Waals surface area contributed by atoms with E-state index in [2.05, 4.69) is 9.97 Å². The van der Waals surface area contributed by atoms with Crippen molar-refractivity contribution >= 4 is 29.1 Å². The summed E-state index contributed by atoms with van der Waals surface area (Å²) < 4.78 is 0. The van der Waals surface area contributed by atoms with Crippen LogP contribution in [0.3, 0.4) is 0 Å². The van der Waals surface area contributed by atoms with Crippen LogP contribution in [0.1, 0.15) is 6.42 Å². The molecule has 14 heavy (non-hydrogen) atoms. The monoisotopic (exact) mass is 211 g/mol. The Morgan fingerprint density at radius 3 is 2.79 bits per heavy atom. The molecule has 1 amide bonds. The summed E-state index contributed by atoms with van der Waals surface area (Å²) in [5.74, 6) is 0.0235. The van der Waals surface area contributed by atoms with Crippen LogP contribution in [0.4, 0.5) is 5.82 Å². The number of anilines is 1. The van der Waals surface area contributed by atoms with Gasteiger partial charge in [0, 0.05) is 6.20 Å². The van der Waals surface area contributed by atoms with Crippen LogP contribution in [0.25, 0.3) is 0 Å². The maximum Gasteiger partial charge on any atom is 0.236 e. The Balaban J connectivity index is 2.31. The lowest BCUT2D eigenvalue weighted by atomic mass is 10.3. The van der Waals surface area contributed by atoms with Gasteiger partial charge in [-0.2, -0.15) is 0 Å². The van der Waals surface area contributed by atoms with Crippen molar-refractivity contribution in [3.05, 3.63) is 17.5 Å². The van der Waals surface area contributed by atoms with E-state index < -0.39 is 0 Å². The van der Waals surface area contributed by atoms with Crippen LogP contribution in [0.2, 0.25) is 5.28 Å². The zero-order chi connectivity index (χ0) is 10.1. The van der Waals surface area contributed by atoms with Crippen molar-refractivity contribution in [3.8, 4) is 0 Å². The van der Waals surface area contributed by atoms with Crippen LogP contribution in [0.5, 0.6) is 0 Å². The molecular weight excluding hydrogens is 206 g/mol. The van der Waals surface area contributed by atoms with E-state index in [1.807, 2.05) is 0 Å². The normalized spacial score (nSPS) is 16.5. The van der Waals surface area contributed by atoms with Gasteiger partial charge in [0.25, 0.3) is 0 Å². The summed E-state index contributed by atoms with van der Waals surface area (Å²) in [6.07, 6.45) is 1.39. The minimum absolute atomic E-state index is 0.0539. The average molecular weight is 212 g/mol. The topological polar surface area (TPSA) is 63.2 Å². The molecule has 2 heterocycles. The van der Waals surface area contributed by atoms with Crippen LogP contribution in [0, 0.1) is 0 Å². The second-order valence-electron chi connectivity index (χ2n) is 2.88. The molecule has 5 nitrogen and oxygen atoms in total. The molecule has 6 heteroatoms. The van der Waals surface area contributed by atoms with Gasteiger partial charge in [0.2, 0.25) is 11.2 Å². The van der Waals surface area contributed by atoms with Crippen LogP contribution in [0.15, 0.2) is 12.3 Å². The van der Waals surface area contributed by atoms with Crippen molar-refractivity contribution < 1.29 is 9.59 Å². The number of carbonyl (C=O) groups excluding carboxylic acids is 2. The van der Waals surface area contributed by atoms with Crippen LogP contribution in [-0.4, -0.2) is 28.2 Å². The molecule has 0 bridgehead atoms. The molecule has 1 fully saturated rings. The number of carbonyl (C=O) groups is 2. The summed E-state index contributed by atoms with van der Waals surface area (Å²) in [5, 5.41) is 0.0645. The highest BCUT2D eigenvalue weighted by atomic mass is 35.5. The van der Waals surface area contributed by atoms with Gasteiger partial charge >= 0.3 is 0 Å². The van der Waals surface area contributed by atoms with Crippen molar-refractivity contribution in [1.82, 2.24) is 9.97 Å². The highest BCUT2D eigenvalue weighted by Gasteiger charge is 2.29. The number of amides is 1. The van der Waals surface area contributed by atoms with Gasteiger partial charge in [0.15, 0.2) is 5.78 Å². The molecule has 1 aliphatic rings. The number of halogens is 1. The minimum Gasteiger partial charge on any atom is -0.297 e. The summed E-state index contributed by atoms with van der Waals surface area (Å²) in [5.41, 5.74) is 0. The Morgan fingerprint density at radius 1 is 1.43 bits per heavy atom. The Kier molecular flexibility index (Phi) is 2.17. The number of hydrogen-bond acceptors (Lipinski definition) is 4. The van der Waals surface area contributed by atoms with E-state index in [0.29, 0.717) is 5.82 Å². The molecule has 1 aromatic heterocycles. The third kappa shape index (κ3) is 1.58. The first kappa shape index (κ1) is 9.08. The van der Waals surface area contributed by atoms with Gasteiger partial charge in [0.1, 0.15) is 5.82 Å². The quantitative estimate of drug-likeness (QED) is 0.499. The predicted octanol–water partition coefficient (Wildman–Crippen LogP) is 0.436. The zero-order valence-corrected chi connectivity index (χ0v) is 7.86. The molecule has 0 N–H and O–H groups in total. The van der Waals surface area contributed by atoms with Crippen molar-refractivity contribution in [2.75, 3.05) is 11.4 Å². The zero-order valence-electron chi connectivity index (χ0n) is 7.11. The Bertz CT molecular complexity index is 407. The summed E-state index contributed by atoms with van der Waals surface area (Å²) >= 11 is 5.56. The number of hydrogen-bond donors (Lipinski definition) is 0. The van der Waals surface area contributed by atoms with Gasteiger partial charge in [-0.3, -0.25) is 14.5 Å². The lowest BCUT2D eigenvalue weighted by Crippen LogP contribution is -2.25. The maximum absolute atomic E-state index is 11.3. The van der Waals surface area contributed by atoms with Crippen LogP contribution in [-0.2, 0) is 9.59 Å². The Morgan fingerprint density at radius 2 is 2.21 bits per heavy atom. The average Bonchev–Trinajstić information content (AvgIpc) is 2.45. The van der Waals surface area contributed by atoms with Crippen LogP contribution >= 0.6 is 11.6 Å². The molecular formula is C8H6ClN3O2. The standard InChI is InChI=1S/C8H6ClN3O2/c9-8-10-2-1-6(11-8)12-4-5(13)3-7(12)14/h1-2H,3-4H2. The predicted molar refractivity (Wildman–Crippen MR) is 49.0 cm³/mol. The summed E-state index contributed by atoms with van der Waals surface area (Å²) in [4.78, 5) is 31.1. The van der Waals surface area contributed by atoms with Gasteiger partial charge in [-0.25, -0.2) is 9.97 Å². The maximum atomic E-state index is 11.3. The fourth-order valence-electron chi connectivity index (χ4n) is 1.27. The summed E-state index contributed by atoms with van der Waals surface area (Å²) in [7, 11) is 0. The molecule has 0 radical (unpaired) electrons. The first-order valence-electron chi connectivity index (χ1n) is 3.97. The summed E-state index contributed by atoms with van der Waals surface area (Å²) in [6.45, 7) is 0.0756. The van der Waals surface area contributed by atoms with E-state index in [0.717, 1.165) is 0 Å². The highest BCUT2D eigenvalue weighted by Crippen LogP contribution is 2.17. The molecule has 1 aliphatic heterocycles. The van der Waals surface area contributed by atoms with Crippen molar-refractivity contribution in [1.29, 1.82) is 0 Å². The molecule has 1 aromatic rings. The fourth-order valence-corrected chi connectivity index (χ4v) is 1.41. The minimum atomic E-state index is -0.246. The van der Waals surface area contributed by atoms with E-state index in [1.165, 1.54) is 11.1 Å². The number of nitrogens with zero attached hydrogens (tertiary/aromatic N) is 3. The summed E-state index contributed by atoms with van der Waals surface area (Å²) in [6, 6.07) is 1.54. The van der Waals surface area contributed by atoms with E-state index in [-0.39, 0.29) is 29.9 Å². The number of aromatic nitrogens is 2. The molecule has 0 aliphatic carbocycles.